The number of methoxy groups -OCH3 is 2. The molecule has 0 fully saturated rings. The van der Waals surface area contributed by atoms with Gasteiger partial charge in [-0.3, -0.25) is 19.3 Å². The van der Waals surface area contributed by atoms with Crippen LogP contribution in [0.1, 0.15) is 30.4 Å². The molecule has 0 saturated heterocycles. The number of likely N-dealkylation sites (N-methyl/N-ethyl adjacent to an activating group) is 1. The standard InChI is InChI=1S/C31H29BrN6O7.C7H5BrO3.CH3F.CH2O3.2K.H/c1-4-37(15-16-45-28-17-20(32)5-14-25(28)31(39)40)23-10-6-21(7-11-23)33-35-26-18-30(44-3)27(19-29(26)43-2)36-34-22-8-12-24(13-9-22)38(41)42;8-4-1-2-5(7(10)11)6(9)3-4;1-2;2-1-4-3;;;/h5-14,17-19H,4,15-16H2,1-3H3,(H,39,40);1-3,9H,(H,10,11);1H3;1,3H;;;/q;;;;2*+1;-1/p-1/i;;1D;;;;. The molecule has 0 spiro atoms. The number of aromatic hydroxyl groups is 1. The molecule has 5 rings (SSSR count). The minimum absolute atomic E-state index is 0. The number of nitro groups is 1. The van der Waals surface area contributed by atoms with Crippen molar-refractivity contribution in [3.8, 4) is 23.0 Å². The van der Waals surface area contributed by atoms with Crippen LogP contribution >= 0.6 is 31.9 Å². The number of halogens is 3. The number of hydrogen-bond donors (Lipinski definition) is 3. The third-order valence-electron chi connectivity index (χ3n) is 7.71. The largest absolute Gasteiger partial charge is 1.00 e. The fraction of sp³-hybridized carbons (Fsp3) is 0.175. The van der Waals surface area contributed by atoms with E-state index in [9.17, 15) is 29.2 Å². The van der Waals surface area contributed by atoms with Gasteiger partial charge in [-0.05, 0) is 79.7 Å². The molecule has 0 aliphatic carbocycles. The molecule has 330 valence electrons. The van der Waals surface area contributed by atoms with Gasteiger partial charge in [-0.25, -0.2) is 9.59 Å². The number of aromatic carboxylic acids is 2. The number of carbonyl (C=O) groups is 3. The van der Waals surface area contributed by atoms with Crippen molar-refractivity contribution in [2.24, 2.45) is 20.5 Å². The van der Waals surface area contributed by atoms with Crippen molar-refractivity contribution in [1.82, 2.24) is 0 Å². The molecular weight excluding hydrogens is 1030 g/mol. The average molecular weight is 1070 g/mol. The Hall–Kier alpha value is -3.77. The summed E-state index contributed by atoms with van der Waals surface area (Å²) in [6, 6.07) is 25.4. The Balaban J connectivity index is 0. The molecule has 3 N–H and O–H groups in total. The summed E-state index contributed by atoms with van der Waals surface area (Å²) in [5.74, 6) is -1.34. The smallest absolute Gasteiger partial charge is 1.00 e. The summed E-state index contributed by atoms with van der Waals surface area (Å²) < 4.78 is 33.6. The predicted molar refractivity (Wildman–Crippen MR) is 230 cm³/mol. The number of non-ortho nitro benzene ring substituents is 1. The molecule has 19 nitrogen and oxygen atoms in total. The number of benzene rings is 5. The van der Waals surface area contributed by atoms with Crippen molar-refractivity contribution in [3.63, 3.8) is 0 Å². The molecular formula is C40H39Br2FK2N6O13. The van der Waals surface area contributed by atoms with Crippen LogP contribution in [-0.4, -0.2) is 79.7 Å². The molecule has 0 aliphatic heterocycles. The maximum absolute atomic E-state index is 11.5. The molecule has 0 radical (unpaired) electrons. The van der Waals surface area contributed by atoms with E-state index in [4.69, 9.17) is 35.8 Å². The molecule has 0 bridgehead atoms. The second-order valence-electron chi connectivity index (χ2n) is 11.4. The van der Waals surface area contributed by atoms with Crippen molar-refractivity contribution in [1.29, 1.82) is 0 Å². The fourth-order valence-electron chi connectivity index (χ4n) is 4.83. The quantitative estimate of drug-likeness (QED) is 0.0317. The first-order valence-electron chi connectivity index (χ1n) is 18.0. The third kappa shape index (κ3) is 20.2. The second kappa shape index (κ2) is 32.8. The Morgan fingerprint density at radius 2 is 1.27 bits per heavy atom. The van der Waals surface area contributed by atoms with Crippen LogP contribution in [0.2, 0.25) is 0 Å². The van der Waals surface area contributed by atoms with E-state index in [1.165, 1.54) is 56.7 Å². The van der Waals surface area contributed by atoms with E-state index < -0.39 is 24.0 Å². The van der Waals surface area contributed by atoms with Crippen molar-refractivity contribution in [2.75, 3.05) is 46.0 Å². The number of carbonyl (C=O) groups excluding carboxylic acids is 1. The zero-order valence-electron chi connectivity index (χ0n) is 36.9. The first-order valence-corrected chi connectivity index (χ1v) is 18.9. The minimum Gasteiger partial charge on any atom is -1.00 e. The summed E-state index contributed by atoms with van der Waals surface area (Å²) in [5, 5.41) is 63.3. The minimum atomic E-state index is -1.13. The van der Waals surface area contributed by atoms with E-state index in [2.05, 4.69) is 62.1 Å². The van der Waals surface area contributed by atoms with Crippen LogP contribution in [-0.2, 0) is 9.68 Å². The number of ether oxygens (including phenoxy) is 3. The SMILES string of the molecule is CCN(CCOc1cc(Br)ccc1C(=O)O)c1ccc(N=Nc2cc(OC)c(N=Nc3ccc([N+](=O)[O-])cc3)cc2OC)cc1.O=C(O)c1ccc(Br)cc1O.O=CO[O-].[2H]CF.[H-].[K+].[K+]. The van der Waals surface area contributed by atoms with E-state index in [0.29, 0.717) is 57.6 Å². The summed E-state index contributed by atoms with van der Waals surface area (Å²) in [7, 11) is 1.98. The molecule has 64 heavy (non-hydrogen) atoms. The fourth-order valence-corrected chi connectivity index (χ4v) is 5.52. The summed E-state index contributed by atoms with van der Waals surface area (Å²) in [6.45, 7) is 3.37. The zero-order valence-corrected chi connectivity index (χ0v) is 44.3. The number of carboxylic acid groups (broad SMARTS) is 2. The second-order valence-corrected chi connectivity index (χ2v) is 13.3. The van der Waals surface area contributed by atoms with E-state index in [0.717, 1.165) is 10.2 Å². The van der Waals surface area contributed by atoms with Gasteiger partial charge in [-0.2, -0.15) is 10.2 Å². The molecule has 0 amide bonds. The number of phenols is 1. The van der Waals surface area contributed by atoms with Gasteiger partial charge in [-0.1, -0.05) is 31.9 Å². The zero-order chi connectivity index (χ0) is 46.9. The van der Waals surface area contributed by atoms with Gasteiger partial charge in [0.25, 0.3) is 12.2 Å². The van der Waals surface area contributed by atoms with E-state index in [1.807, 2.05) is 31.2 Å². The van der Waals surface area contributed by atoms with Gasteiger partial charge in [0.05, 0.1) is 45.6 Å². The van der Waals surface area contributed by atoms with Gasteiger partial charge >= 0.3 is 115 Å². The Morgan fingerprint density at radius 3 is 1.67 bits per heavy atom. The average Bonchev–Trinajstić information content (AvgIpc) is 3.27. The van der Waals surface area contributed by atoms with E-state index >= 15 is 0 Å². The van der Waals surface area contributed by atoms with Crippen LogP contribution in [0.4, 0.5) is 38.5 Å². The number of azo groups is 2. The number of nitro benzene ring substituents is 1. The van der Waals surface area contributed by atoms with Gasteiger partial charge in [0.15, 0.2) is 0 Å². The van der Waals surface area contributed by atoms with Crippen LogP contribution in [0.5, 0.6) is 23.0 Å². The molecule has 5 aromatic rings. The molecule has 0 saturated carbocycles. The van der Waals surface area contributed by atoms with Gasteiger partial charge in [-0.15, -0.1) is 10.2 Å². The Morgan fingerprint density at radius 1 is 0.812 bits per heavy atom. The summed E-state index contributed by atoms with van der Waals surface area (Å²) in [4.78, 5) is 45.6. The van der Waals surface area contributed by atoms with E-state index in [-0.39, 0.29) is 140 Å². The number of alkyl halides is 1. The number of rotatable bonds is 16. The predicted octanol–water partition coefficient (Wildman–Crippen LogP) is 3.80. The Kier molecular flexibility index (Phi) is 29.9. The topological polar surface area (TPSA) is 268 Å². The Bertz CT molecular complexity index is 2360. The monoisotopic (exact) mass is 1070 g/mol. The van der Waals surface area contributed by atoms with Crippen LogP contribution < -0.4 is 127 Å². The molecule has 24 heteroatoms. The van der Waals surface area contributed by atoms with Gasteiger partial charge in [0, 0.05) is 45.4 Å². The normalized spacial score (nSPS) is 10.1. The van der Waals surface area contributed by atoms with Gasteiger partial charge in [0.2, 0.25) is 0 Å². The summed E-state index contributed by atoms with van der Waals surface area (Å²) >= 11 is 6.44. The molecule has 0 heterocycles. The van der Waals surface area contributed by atoms with Crippen molar-refractivity contribution in [2.45, 2.75) is 6.92 Å². The Labute approximate surface area is 470 Å². The van der Waals surface area contributed by atoms with Gasteiger partial charge in [0.1, 0.15) is 52.1 Å². The maximum Gasteiger partial charge on any atom is 1.00 e. The molecule has 0 aliphatic rings. The van der Waals surface area contributed by atoms with Gasteiger partial charge < -0.3 is 46.0 Å². The number of hydrogen-bond acceptors (Lipinski definition) is 16. The van der Waals surface area contributed by atoms with Crippen molar-refractivity contribution < 1.29 is 169 Å². The van der Waals surface area contributed by atoms with Crippen LogP contribution in [0.25, 0.3) is 0 Å². The first kappa shape index (κ1) is 58.2. The van der Waals surface area contributed by atoms with Crippen LogP contribution in [0, 0.1) is 10.1 Å². The number of nitrogens with zero attached hydrogens (tertiary/aromatic N) is 6. The van der Waals surface area contributed by atoms with E-state index in [1.54, 1.807) is 30.3 Å². The first-order chi connectivity index (χ1) is 30.2. The van der Waals surface area contributed by atoms with Crippen molar-refractivity contribution in [3.05, 3.63) is 127 Å². The summed E-state index contributed by atoms with van der Waals surface area (Å²) in [5.41, 5.74) is 2.73. The van der Waals surface area contributed by atoms with Crippen LogP contribution in [0.15, 0.2) is 126 Å². The number of anilines is 1. The summed E-state index contributed by atoms with van der Waals surface area (Å²) in [6.07, 6.45) is 0. The molecule has 5 aromatic carbocycles. The maximum atomic E-state index is 11.5. The molecule has 0 aromatic heterocycles. The molecule has 0 unspecified atom stereocenters. The molecule has 0 atom stereocenters. The third-order valence-corrected chi connectivity index (χ3v) is 8.69. The van der Waals surface area contributed by atoms with Crippen molar-refractivity contribution >= 4 is 84.4 Å². The van der Waals surface area contributed by atoms with Crippen LogP contribution in [0.3, 0.4) is 0 Å². The number of carboxylic acids is 2.